The predicted octanol–water partition coefficient (Wildman–Crippen LogP) is 2.13. The fraction of sp³-hybridized carbons (Fsp3) is 0.286. The van der Waals surface area contributed by atoms with E-state index in [4.69, 9.17) is 4.42 Å². The molecule has 1 unspecified atom stereocenters. The van der Waals surface area contributed by atoms with Gasteiger partial charge >= 0.3 is 0 Å². The number of sulfonamides is 1. The fourth-order valence-electron chi connectivity index (χ4n) is 1.95. The Morgan fingerprint density at radius 3 is 2.76 bits per heavy atom. The Hall–Kier alpha value is -1.70. The first-order chi connectivity index (χ1) is 9.90. The van der Waals surface area contributed by atoms with Crippen molar-refractivity contribution in [3.05, 3.63) is 53.7 Å². The molecule has 0 fully saturated rings. The average molecular weight is 313 g/mol. The van der Waals surface area contributed by atoms with Gasteiger partial charge in [-0.1, -0.05) is 0 Å². The summed E-state index contributed by atoms with van der Waals surface area (Å²) in [5, 5.41) is 9.82. The lowest BCUT2D eigenvalue weighted by atomic mass is 10.1. The molecule has 0 aliphatic heterocycles. The number of hydrogen-bond acceptors (Lipinski definition) is 4. The highest BCUT2D eigenvalue weighted by atomic mass is 32.2. The van der Waals surface area contributed by atoms with Gasteiger partial charge in [0.15, 0.2) is 0 Å². The van der Waals surface area contributed by atoms with Crippen LogP contribution in [0.15, 0.2) is 46.1 Å². The van der Waals surface area contributed by atoms with E-state index in [0.29, 0.717) is 11.1 Å². The molecule has 1 aromatic carbocycles. The van der Waals surface area contributed by atoms with Gasteiger partial charge in [-0.3, -0.25) is 0 Å². The number of furan rings is 1. The summed E-state index contributed by atoms with van der Waals surface area (Å²) in [4.78, 5) is 0.0294. The Kier molecular flexibility index (Phi) is 4.76. The van der Waals surface area contributed by atoms with Gasteiger partial charge in [-0.05, 0) is 43.2 Å². The Balaban J connectivity index is 1.98. The van der Waals surface area contributed by atoms with E-state index >= 15 is 0 Å². The van der Waals surface area contributed by atoms with Crippen molar-refractivity contribution in [2.45, 2.75) is 24.3 Å². The van der Waals surface area contributed by atoms with Gasteiger partial charge in [0.25, 0.3) is 0 Å². The summed E-state index contributed by atoms with van der Waals surface area (Å²) in [5.74, 6) is -0.484. The van der Waals surface area contributed by atoms with Crippen LogP contribution in [-0.2, 0) is 10.0 Å². The highest BCUT2D eigenvalue weighted by Gasteiger charge is 2.17. The van der Waals surface area contributed by atoms with E-state index < -0.39 is 21.9 Å². The van der Waals surface area contributed by atoms with E-state index in [1.165, 1.54) is 25.5 Å². The van der Waals surface area contributed by atoms with Crippen LogP contribution in [0.1, 0.15) is 23.7 Å². The second-order valence-electron chi connectivity index (χ2n) is 4.67. The van der Waals surface area contributed by atoms with Gasteiger partial charge in [-0.25, -0.2) is 17.5 Å². The SMILES string of the molecule is Cc1cc(F)ccc1S(=O)(=O)NCCC(O)c1ccoc1. The van der Waals surface area contributed by atoms with Crippen molar-refractivity contribution in [2.75, 3.05) is 6.54 Å². The standard InChI is InChI=1S/C14H16FNO4S/c1-10-8-12(15)2-3-14(10)21(18,19)16-6-4-13(17)11-5-7-20-9-11/h2-3,5,7-9,13,16-17H,4,6H2,1H3. The molecule has 0 amide bonds. The maximum atomic E-state index is 13.0. The van der Waals surface area contributed by atoms with E-state index in [9.17, 15) is 17.9 Å². The first-order valence-electron chi connectivity index (χ1n) is 6.36. The Morgan fingerprint density at radius 1 is 1.38 bits per heavy atom. The molecule has 0 aliphatic rings. The van der Waals surface area contributed by atoms with Gasteiger partial charge in [0.05, 0.1) is 23.5 Å². The van der Waals surface area contributed by atoms with Crippen LogP contribution in [0, 0.1) is 12.7 Å². The van der Waals surface area contributed by atoms with E-state index in [1.54, 1.807) is 6.07 Å². The number of hydrogen-bond donors (Lipinski definition) is 2. The zero-order valence-electron chi connectivity index (χ0n) is 11.4. The zero-order valence-corrected chi connectivity index (χ0v) is 12.2. The van der Waals surface area contributed by atoms with Crippen LogP contribution in [-0.4, -0.2) is 20.1 Å². The maximum Gasteiger partial charge on any atom is 0.240 e. The number of aliphatic hydroxyl groups is 1. The van der Waals surface area contributed by atoms with Gasteiger partial charge in [0.1, 0.15) is 5.82 Å². The lowest BCUT2D eigenvalue weighted by molar-refractivity contribution is 0.168. The van der Waals surface area contributed by atoms with Crippen molar-refractivity contribution < 1.29 is 22.3 Å². The van der Waals surface area contributed by atoms with Gasteiger partial charge in [0, 0.05) is 12.1 Å². The summed E-state index contributed by atoms with van der Waals surface area (Å²) in [5.41, 5.74) is 0.921. The molecule has 21 heavy (non-hydrogen) atoms. The van der Waals surface area contributed by atoms with Crippen LogP contribution in [0.2, 0.25) is 0 Å². The summed E-state index contributed by atoms with van der Waals surface area (Å²) in [6.07, 6.45) is 2.24. The van der Waals surface area contributed by atoms with Crippen LogP contribution in [0.25, 0.3) is 0 Å². The third-order valence-electron chi connectivity index (χ3n) is 3.06. The third kappa shape index (κ3) is 3.90. The van der Waals surface area contributed by atoms with Crippen molar-refractivity contribution in [1.82, 2.24) is 4.72 Å². The zero-order chi connectivity index (χ0) is 15.5. The monoisotopic (exact) mass is 313 g/mol. The maximum absolute atomic E-state index is 13.0. The second-order valence-corrected chi connectivity index (χ2v) is 6.40. The minimum atomic E-state index is -3.72. The molecule has 1 atom stereocenters. The molecule has 7 heteroatoms. The van der Waals surface area contributed by atoms with Crippen molar-refractivity contribution in [3.63, 3.8) is 0 Å². The molecule has 0 aliphatic carbocycles. The number of aryl methyl sites for hydroxylation is 1. The summed E-state index contributed by atoms with van der Waals surface area (Å²) in [6, 6.07) is 5.10. The van der Waals surface area contributed by atoms with Crippen LogP contribution in [0.5, 0.6) is 0 Å². The normalized spacial score (nSPS) is 13.3. The molecule has 0 saturated heterocycles. The number of nitrogens with one attached hydrogen (secondary N) is 1. The summed E-state index contributed by atoms with van der Waals surface area (Å²) < 4.78 is 44.4. The third-order valence-corrected chi connectivity index (χ3v) is 4.69. The second kappa shape index (κ2) is 6.38. The summed E-state index contributed by atoms with van der Waals surface area (Å²) >= 11 is 0. The van der Waals surface area contributed by atoms with Crippen LogP contribution in [0.4, 0.5) is 4.39 Å². The van der Waals surface area contributed by atoms with Crippen molar-refractivity contribution in [1.29, 1.82) is 0 Å². The first-order valence-corrected chi connectivity index (χ1v) is 7.84. The van der Waals surface area contributed by atoms with E-state index in [1.807, 2.05) is 0 Å². The highest BCUT2D eigenvalue weighted by molar-refractivity contribution is 7.89. The van der Waals surface area contributed by atoms with Crippen LogP contribution in [0.3, 0.4) is 0 Å². The van der Waals surface area contributed by atoms with Gasteiger partial charge in [-0.2, -0.15) is 0 Å². The molecular weight excluding hydrogens is 297 g/mol. The number of benzene rings is 1. The summed E-state index contributed by atoms with van der Waals surface area (Å²) in [6.45, 7) is 1.59. The molecule has 1 heterocycles. The lowest BCUT2D eigenvalue weighted by Crippen LogP contribution is -2.26. The van der Waals surface area contributed by atoms with Gasteiger partial charge in [0.2, 0.25) is 10.0 Å². The molecule has 5 nitrogen and oxygen atoms in total. The molecule has 0 spiro atoms. The quantitative estimate of drug-likeness (QED) is 0.856. The fourth-order valence-corrected chi connectivity index (χ4v) is 3.23. The molecule has 0 radical (unpaired) electrons. The lowest BCUT2D eigenvalue weighted by Gasteiger charge is -2.11. The molecule has 2 N–H and O–H groups in total. The van der Waals surface area contributed by atoms with Gasteiger partial charge in [-0.15, -0.1) is 0 Å². The van der Waals surface area contributed by atoms with Crippen molar-refractivity contribution >= 4 is 10.0 Å². The molecular formula is C14H16FNO4S. The molecule has 1 aromatic heterocycles. The molecule has 2 aromatic rings. The average Bonchev–Trinajstić information content (AvgIpc) is 2.91. The van der Waals surface area contributed by atoms with Crippen LogP contribution >= 0.6 is 0 Å². The minimum Gasteiger partial charge on any atom is -0.472 e. The predicted molar refractivity (Wildman–Crippen MR) is 74.6 cm³/mol. The van der Waals surface area contributed by atoms with Crippen molar-refractivity contribution in [3.8, 4) is 0 Å². The Bertz CT molecular complexity index is 698. The molecule has 0 saturated carbocycles. The number of halogens is 1. The number of aliphatic hydroxyl groups excluding tert-OH is 1. The topological polar surface area (TPSA) is 79.5 Å². The van der Waals surface area contributed by atoms with Crippen molar-refractivity contribution in [2.24, 2.45) is 0 Å². The largest absolute Gasteiger partial charge is 0.472 e. The van der Waals surface area contributed by atoms with Crippen LogP contribution < -0.4 is 4.72 Å². The van der Waals surface area contributed by atoms with E-state index in [2.05, 4.69) is 4.72 Å². The minimum absolute atomic E-state index is 0.0294. The molecule has 2 rings (SSSR count). The Morgan fingerprint density at radius 2 is 2.14 bits per heavy atom. The molecule has 114 valence electrons. The van der Waals surface area contributed by atoms with E-state index in [0.717, 1.165) is 12.1 Å². The first kappa shape index (κ1) is 15.7. The van der Waals surface area contributed by atoms with Gasteiger partial charge < -0.3 is 9.52 Å². The summed E-state index contributed by atoms with van der Waals surface area (Å²) in [7, 11) is -3.72. The molecule has 0 bridgehead atoms. The number of rotatable bonds is 6. The Labute approximate surface area is 122 Å². The highest BCUT2D eigenvalue weighted by Crippen LogP contribution is 2.18. The van der Waals surface area contributed by atoms with E-state index in [-0.39, 0.29) is 17.9 Å². The smallest absolute Gasteiger partial charge is 0.240 e.